The molecule has 1 fully saturated rings. The van der Waals surface area contributed by atoms with E-state index in [1.807, 2.05) is 18.2 Å². The Balaban J connectivity index is 2.27. The van der Waals surface area contributed by atoms with Crippen molar-refractivity contribution in [3.8, 4) is 0 Å². The van der Waals surface area contributed by atoms with Gasteiger partial charge in [0.05, 0.1) is 0 Å². The van der Waals surface area contributed by atoms with Gasteiger partial charge in [0, 0.05) is 94.8 Å². The Morgan fingerprint density at radius 1 is 0.688 bits per heavy atom. The van der Waals surface area contributed by atoms with Crippen LogP contribution >= 0.6 is 60.6 Å². The number of hydrogen-bond donors (Lipinski definition) is 2. The van der Waals surface area contributed by atoms with E-state index in [1.54, 1.807) is 0 Å². The largest absolute Gasteiger partial charge is 0.314 e. The average molecular weight is 488 g/mol. The molecule has 8 heteroatoms. The van der Waals surface area contributed by atoms with Crippen molar-refractivity contribution in [2.45, 2.75) is 0 Å². The molecular formula is C8H18I2N4S2. The van der Waals surface area contributed by atoms with E-state index in [0.717, 1.165) is 52.4 Å². The fraction of sp³-hybridized carbons (Fsp3) is 1.00. The lowest BCUT2D eigenvalue weighted by Crippen LogP contribution is -2.39. The summed E-state index contributed by atoms with van der Waals surface area (Å²) in [6.45, 7) is 8.79. The fourth-order valence-electron chi connectivity index (χ4n) is 1.43. The highest BCUT2D eigenvalue weighted by Gasteiger charge is 2.07. The quantitative estimate of drug-likeness (QED) is 0.456. The van der Waals surface area contributed by atoms with Crippen molar-refractivity contribution >= 4 is 60.6 Å². The van der Waals surface area contributed by atoms with Crippen molar-refractivity contribution in [3.05, 3.63) is 0 Å². The first-order valence-electron chi connectivity index (χ1n) is 5.35. The van der Waals surface area contributed by atoms with Crippen LogP contribution < -0.4 is 10.6 Å². The SMILES string of the molecule is ISN1CCNCCN(SI)CCNCC1. The molecule has 0 radical (unpaired) electrons. The molecule has 16 heavy (non-hydrogen) atoms. The molecule has 0 saturated carbocycles. The Hall–Kier alpha value is 2.00. The van der Waals surface area contributed by atoms with Crippen molar-refractivity contribution in [3.63, 3.8) is 0 Å². The Morgan fingerprint density at radius 3 is 1.25 bits per heavy atom. The van der Waals surface area contributed by atoms with Gasteiger partial charge in [0.25, 0.3) is 0 Å². The predicted octanol–water partition coefficient (Wildman–Crippen LogP) is 1.78. The minimum absolute atomic E-state index is 1.08. The monoisotopic (exact) mass is 488 g/mol. The maximum atomic E-state index is 3.49. The summed E-state index contributed by atoms with van der Waals surface area (Å²) in [5, 5.41) is 6.99. The van der Waals surface area contributed by atoms with E-state index in [1.165, 1.54) is 0 Å². The molecule has 0 aromatic heterocycles. The Bertz CT molecular complexity index is 148. The lowest BCUT2D eigenvalue weighted by molar-refractivity contribution is 0.400. The molecule has 0 bridgehead atoms. The van der Waals surface area contributed by atoms with Crippen molar-refractivity contribution in [2.75, 3.05) is 52.4 Å². The van der Waals surface area contributed by atoms with Crippen LogP contribution in [0.3, 0.4) is 0 Å². The predicted molar refractivity (Wildman–Crippen MR) is 92.1 cm³/mol. The first-order valence-corrected chi connectivity index (χ1v) is 12.0. The molecule has 0 aromatic rings. The highest BCUT2D eigenvalue weighted by Crippen LogP contribution is 2.18. The number of hydrogen-bond acceptors (Lipinski definition) is 6. The first-order chi connectivity index (χ1) is 7.86. The van der Waals surface area contributed by atoms with Gasteiger partial charge in [0.1, 0.15) is 0 Å². The van der Waals surface area contributed by atoms with E-state index >= 15 is 0 Å². The molecule has 96 valence electrons. The van der Waals surface area contributed by atoms with E-state index in [-0.39, 0.29) is 0 Å². The zero-order valence-corrected chi connectivity index (χ0v) is 15.1. The van der Waals surface area contributed by atoms with Crippen LogP contribution in [0.15, 0.2) is 0 Å². The second-order valence-electron chi connectivity index (χ2n) is 3.50. The van der Waals surface area contributed by atoms with Crippen molar-refractivity contribution < 1.29 is 0 Å². The lowest BCUT2D eigenvalue weighted by atomic mass is 10.4. The molecule has 0 aliphatic carbocycles. The summed E-state index contributed by atoms with van der Waals surface area (Å²) in [7, 11) is 3.62. The molecular weight excluding hydrogens is 470 g/mol. The molecule has 4 nitrogen and oxygen atoms in total. The summed E-state index contributed by atoms with van der Waals surface area (Å²) < 4.78 is 4.79. The second kappa shape index (κ2) is 10.9. The molecule has 0 amide bonds. The minimum atomic E-state index is 1.08. The topological polar surface area (TPSA) is 30.5 Å². The molecule has 0 aromatic carbocycles. The summed E-state index contributed by atoms with van der Waals surface area (Å²) in [6.07, 6.45) is 0. The van der Waals surface area contributed by atoms with E-state index in [4.69, 9.17) is 0 Å². The van der Waals surface area contributed by atoms with Gasteiger partial charge in [0.2, 0.25) is 0 Å². The summed E-state index contributed by atoms with van der Waals surface area (Å²) in [5.74, 6) is 0. The summed E-state index contributed by atoms with van der Waals surface area (Å²) >= 11 is 4.72. The zero-order valence-electron chi connectivity index (χ0n) is 9.12. The van der Waals surface area contributed by atoms with Crippen LogP contribution in [-0.4, -0.2) is 61.0 Å². The number of halogens is 2. The number of nitrogens with zero attached hydrogens (tertiary/aromatic N) is 2. The van der Waals surface area contributed by atoms with Crippen LogP contribution in [0, 0.1) is 0 Å². The van der Waals surface area contributed by atoms with Crippen LogP contribution in [0.4, 0.5) is 0 Å². The normalized spacial score (nSPS) is 23.6. The summed E-state index contributed by atoms with van der Waals surface area (Å²) in [5.41, 5.74) is 0. The molecule has 1 aliphatic rings. The maximum Gasteiger partial charge on any atom is 0.0223 e. The van der Waals surface area contributed by atoms with Gasteiger partial charge < -0.3 is 10.6 Å². The van der Waals surface area contributed by atoms with Gasteiger partial charge in [-0.1, -0.05) is 0 Å². The molecule has 0 atom stereocenters. The number of nitrogens with one attached hydrogen (secondary N) is 2. The fourth-order valence-corrected chi connectivity index (χ4v) is 4.43. The highest BCUT2D eigenvalue weighted by molar-refractivity contribution is 14.2. The Kier molecular flexibility index (Phi) is 10.9. The van der Waals surface area contributed by atoms with Gasteiger partial charge in [-0.3, -0.25) is 0 Å². The third kappa shape index (κ3) is 7.44. The second-order valence-corrected chi connectivity index (χ2v) is 7.17. The Labute approximate surface area is 131 Å². The Morgan fingerprint density at radius 2 is 1.00 bits per heavy atom. The maximum absolute atomic E-state index is 3.49. The molecule has 1 saturated heterocycles. The van der Waals surface area contributed by atoms with Crippen LogP contribution in [-0.2, 0) is 0 Å². The van der Waals surface area contributed by atoms with E-state index in [0.29, 0.717) is 0 Å². The van der Waals surface area contributed by atoms with Crippen LogP contribution in [0.25, 0.3) is 0 Å². The minimum Gasteiger partial charge on any atom is -0.314 e. The molecule has 0 spiro atoms. The number of rotatable bonds is 2. The van der Waals surface area contributed by atoms with Crippen LogP contribution in [0.1, 0.15) is 0 Å². The lowest BCUT2D eigenvalue weighted by Gasteiger charge is -2.22. The molecule has 1 rings (SSSR count). The van der Waals surface area contributed by atoms with Gasteiger partial charge in [-0.05, 0) is 18.2 Å². The van der Waals surface area contributed by atoms with Crippen molar-refractivity contribution in [1.82, 2.24) is 19.2 Å². The van der Waals surface area contributed by atoms with Gasteiger partial charge in [0.15, 0.2) is 0 Å². The first kappa shape index (κ1) is 16.1. The van der Waals surface area contributed by atoms with E-state index < -0.39 is 0 Å². The average Bonchev–Trinajstić information content (AvgIpc) is 2.30. The summed E-state index contributed by atoms with van der Waals surface area (Å²) in [6, 6.07) is 0. The third-order valence-electron chi connectivity index (χ3n) is 2.35. The summed E-state index contributed by atoms with van der Waals surface area (Å²) in [4.78, 5) is 0. The van der Waals surface area contributed by atoms with Gasteiger partial charge in [-0.15, -0.1) is 0 Å². The van der Waals surface area contributed by atoms with Gasteiger partial charge in [-0.25, -0.2) is 8.61 Å². The van der Waals surface area contributed by atoms with Gasteiger partial charge in [-0.2, -0.15) is 0 Å². The van der Waals surface area contributed by atoms with Crippen molar-refractivity contribution in [2.24, 2.45) is 0 Å². The smallest absolute Gasteiger partial charge is 0.0223 e. The molecule has 0 unspecified atom stereocenters. The van der Waals surface area contributed by atoms with Crippen molar-refractivity contribution in [1.29, 1.82) is 0 Å². The van der Waals surface area contributed by atoms with Crippen LogP contribution in [0.5, 0.6) is 0 Å². The third-order valence-corrected chi connectivity index (χ3v) is 6.81. The standard InChI is InChI=1S/C8H18I2N4S2/c9-15-13-5-1-11-2-6-14(16-10)8-4-12-3-7-13/h11-12H,1-8H2. The molecule has 1 aliphatic heterocycles. The highest BCUT2D eigenvalue weighted by atomic mass is 127. The van der Waals surface area contributed by atoms with E-state index in [9.17, 15) is 0 Å². The van der Waals surface area contributed by atoms with E-state index in [2.05, 4.69) is 61.7 Å². The zero-order chi connectivity index (χ0) is 11.6. The molecule has 1 heterocycles. The van der Waals surface area contributed by atoms with Gasteiger partial charge >= 0.3 is 0 Å². The molecule has 2 N–H and O–H groups in total. The van der Waals surface area contributed by atoms with Crippen LogP contribution in [0.2, 0.25) is 0 Å².